The third-order valence-electron chi connectivity index (χ3n) is 6.62. The molecule has 0 radical (unpaired) electrons. The molecule has 160 valence electrons. The van der Waals surface area contributed by atoms with Crippen molar-refractivity contribution < 1.29 is 27.9 Å². The van der Waals surface area contributed by atoms with Gasteiger partial charge in [-0.15, -0.1) is 0 Å². The van der Waals surface area contributed by atoms with Gasteiger partial charge in [-0.25, -0.2) is 0 Å². The summed E-state index contributed by atoms with van der Waals surface area (Å²) in [5.41, 5.74) is -0.955. The number of nitrogens with one attached hydrogen (secondary N) is 1. The van der Waals surface area contributed by atoms with Crippen LogP contribution in [0.15, 0.2) is 23.4 Å². The van der Waals surface area contributed by atoms with Gasteiger partial charge in [-0.3, -0.25) is 14.7 Å². The Morgan fingerprint density at radius 3 is 2.73 bits per heavy atom. The molecule has 2 aromatic heterocycles. The molecule has 0 spiro atoms. The van der Waals surface area contributed by atoms with Gasteiger partial charge in [0.15, 0.2) is 0 Å². The van der Waals surface area contributed by atoms with E-state index in [1.165, 1.54) is 34.8 Å². The second-order valence-electron chi connectivity index (χ2n) is 8.60. The van der Waals surface area contributed by atoms with E-state index < -0.39 is 23.3 Å². The van der Waals surface area contributed by atoms with Crippen LogP contribution in [0.1, 0.15) is 59.8 Å². The number of carbonyl (C=O) groups excluding carboxylic acids is 1. The van der Waals surface area contributed by atoms with Gasteiger partial charge < -0.3 is 5.32 Å². The molecule has 0 aromatic carbocycles. The largest absolute Gasteiger partial charge is 0.420 e. The van der Waals surface area contributed by atoms with Crippen molar-refractivity contribution in [2.45, 2.75) is 55.8 Å². The van der Waals surface area contributed by atoms with Crippen molar-refractivity contribution in [3.63, 3.8) is 0 Å². The highest BCUT2D eigenvalue weighted by Gasteiger charge is 2.61. The number of carbonyl (C=O) groups is 1. The highest BCUT2D eigenvalue weighted by molar-refractivity contribution is 7.98. The molecule has 0 bridgehead atoms. The minimum atomic E-state index is -4.65. The number of halogens is 3. The van der Waals surface area contributed by atoms with E-state index in [0.29, 0.717) is 36.0 Å². The van der Waals surface area contributed by atoms with E-state index in [1.54, 1.807) is 6.26 Å². The van der Waals surface area contributed by atoms with Crippen LogP contribution in [-0.2, 0) is 12.7 Å². The van der Waals surface area contributed by atoms with Gasteiger partial charge in [-0.1, -0.05) is 11.8 Å². The van der Waals surface area contributed by atoms with Gasteiger partial charge in [-0.05, 0) is 49.7 Å². The molecule has 2 heterocycles. The van der Waals surface area contributed by atoms with Crippen molar-refractivity contribution in [2.24, 2.45) is 11.3 Å². The fraction of sp³-hybridized carbons (Fsp3) is 0.550. The van der Waals surface area contributed by atoms with E-state index in [2.05, 4.69) is 10.4 Å². The normalized spacial score (nSPS) is 24.9. The number of aromatic nitrogens is 3. The lowest BCUT2D eigenvalue weighted by atomic mass is 9.85. The summed E-state index contributed by atoms with van der Waals surface area (Å²) in [5, 5.41) is 17.1. The molecule has 30 heavy (non-hydrogen) atoms. The van der Waals surface area contributed by atoms with Crippen LogP contribution in [0, 0.1) is 11.3 Å². The number of hydrogen-bond acceptors (Lipinski definition) is 4. The fourth-order valence-electron chi connectivity index (χ4n) is 4.60. The van der Waals surface area contributed by atoms with Gasteiger partial charge in [0.2, 0.25) is 6.20 Å². The van der Waals surface area contributed by atoms with E-state index in [4.69, 9.17) is 0 Å². The lowest BCUT2D eigenvalue weighted by Crippen LogP contribution is -2.32. The van der Waals surface area contributed by atoms with E-state index in [1.807, 2.05) is 0 Å². The Labute approximate surface area is 175 Å². The van der Waals surface area contributed by atoms with Gasteiger partial charge in [0.05, 0.1) is 11.4 Å². The molecule has 3 aliphatic carbocycles. The average molecular weight is 439 g/mol. The number of rotatable bonds is 6. The predicted octanol–water partition coefficient (Wildman–Crippen LogP) is 4.08. The SMILES string of the molecule is CSc1cc(NC(=O)c2c(C(F)(F)F)c(C3CC3)nn2CC23CCC2C3)cc[n+]1O. The maximum absolute atomic E-state index is 14.0. The first-order valence-corrected chi connectivity index (χ1v) is 11.2. The van der Waals surface area contributed by atoms with E-state index in [-0.39, 0.29) is 17.0 Å². The van der Waals surface area contributed by atoms with Crippen molar-refractivity contribution in [3.8, 4) is 0 Å². The Morgan fingerprint density at radius 2 is 2.20 bits per heavy atom. The first kappa shape index (κ1) is 19.7. The Morgan fingerprint density at radius 1 is 1.43 bits per heavy atom. The molecule has 2 N–H and O–H groups in total. The minimum Gasteiger partial charge on any atom is -0.320 e. The van der Waals surface area contributed by atoms with Crippen molar-refractivity contribution >= 4 is 23.4 Å². The summed E-state index contributed by atoms with van der Waals surface area (Å²) < 4.78 is 44.3. The second kappa shape index (κ2) is 6.63. The van der Waals surface area contributed by atoms with Crippen LogP contribution < -0.4 is 10.0 Å². The molecule has 3 saturated carbocycles. The average Bonchev–Trinajstić information content (AvgIpc) is 3.55. The highest BCUT2D eigenvalue weighted by Crippen LogP contribution is 2.68. The van der Waals surface area contributed by atoms with Crippen LogP contribution in [0.4, 0.5) is 18.9 Å². The summed E-state index contributed by atoms with van der Waals surface area (Å²) in [6.07, 6.45) is 2.84. The topological polar surface area (TPSA) is 71.0 Å². The van der Waals surface area contributed by atoms with E-state index >= 15 is 0 Å². The fourth-order valence-corrected chi connectivity index (χ4v) is 5.10. The monoisotopic (exact) mass is 439 g/mol. The predicted molar refractivity (Wildman–Crippen MR) is 103 cm³/mol. The number of thioether (sulfide) groups is 1. The molecule has 3 fully saturated rings. The summed E-state index contributed by atoms with van der Waals surface area (Å²) >= 11 is 1.25. The summed E-state index contributed by atoms with van der Waals surface area (Å²) in [5.74, 6) is -0.497. The van der Waals surface area contributed by atoms with Gasteiger partial charge in [-0.2, -0.15) is 18.3 Å². The first-order chi connectivity index (χ1) is 14.2. The van der Waals surface area contributed by atoms with Crippen molar-refractivity contribution in [1.29, 1.82) is 0 Å². The molecule has 6 nitrogen and oxygen atoms in total. The zero-order valence-electron chi connectivity index (χ0n) is 16.4. The summed E-state index contributed by atoms with van der Waals surface area (Å²) in [6.45, 7) is 0.359. The maximum Gasteiger partial charge on any atom is 0.420 e. The van der Waals surface area contributed by atoms with Crippen LogP contribution in [0.25, 0.3) is 0 Å². The van der Waals surface area contributed by atoms with Crippen LogP contribution in [0.3, 0.4) is 0 Å². The Hall–Kier alpha value is -2.23. The number of nitrogens with zero attached hydrogens (tertiary/aromatic N) is 3. The molecule has 5 rings (SSSR count). The summed E-state index contributed by atoms with van der Waals surface area (Å²) in [6, 6.07) is 2.95. The van der Waals surface area contributed by atoms with Crippen LogP contribution >= 0.6 is 11.8 Å². The first-order valence-electron chi connectivity index (χ1n) is 10.00. The molecule has 2 atom stereocenters. The smallest absolute Gasteiger partial charge is 0.320 e. The van der Waals surface area contributed by atoms with Crippen LogP contribution in [0.2, 0.25) is 0 Å². The molecule has 2 unspecified atom stereocenters. The Kier molecular flexibility index (Phi) is 4.36. The number of fused-ring (bicyclic) bond motifs is 1. The lowest BCUT2D eigenvalue weighted by Gasteiger charge is -2.26. The maximum atomic E-state index is 14.0. The van der Waals surface area contributed by atoms with Gasteiger partial charge >= 0.3 is 6.18 Å². The minimum absolute atomic E-state index is 0.00615. The van der Waals surface area contributed by atoms with Gasteiger partial charge in [0.25, 0.3) is 10.9 Å². The Balaban J connectivity index is 1.54. The zero-order chi connectivity index (χ0) is 21.3. The number of anilines is 1. The molecular weight excluding hydrogens is 417 g/mol. The van der Waals surface area contributed by atoms with Gasteiger partial charge in [0.1, 0.15) is 11.3 Å². The number of amides is 1. The molecule has 10 heteroatoms. The van der Waals surface area contributed by atoms with E-state index in [9.17, 15) is 23.2 Å². The summed E-state index contributed by atoms with van der Waals surface area (Å²) in [7, 11) is 0. The van der Waals surface area contributed by atoms with E-state index in [0.717, 1.165) is 24.0 Å². The zero-order valence-corrected chi connectivity index (χ0v) is 17.2. The molecule has 3 aliphatic rings. The third-order valence-corrected chi connectivity index (χ3v) is 7.35. The highest BCUT2D eigenvalue weighted by atomic mass is 32.2. The Bertz CT molecular complexity index is 1030. The van der Waals surface area contributed by atoms with Crippen LogP contribution in [-0.4, -0.2) is 27.2 Å². The molecule has 1 amide bonds. The second-order valence-corrected chi connectivity index (χ2v) is 9.42. The van der Waals surface area contributed by atoms with Crippen molar-refractivity contribution in [1.82, 2.24) is 9.78 Å². The standard InChI is InChI=1S/C20H21F3N4O2S/c1-30-14-8-13(5-7-27(14)29)24-18(28)17-15(20(21,22)23)16(11-2-3-11)25-26(17)10-19-6-4-12(19)9-19/h5,7-8,11-12,29H,2-4,6,9-10H2,1H3/p+1. The number of alkyl halides is 3. The van der Waals surface area contributed by atoms with Crippen molar-refractivity contribution in [3.05, 3.63) is 35.3 Å². The third kappa shape index (κ3) is 3.25. The molecular formula is C20H22F3N4O2S+. The summed E-state index contributed by atoms with van der Waals surface area (Å²) in [4.78, 5) is 13.1. The molecule has 2 aromatic rings. The number of pyridine rings is 1. The van der Waals surface area contributed by atoms with Crippen molar-refractivity contribution in [2.75, 3.05) is 11.6 Å². The quantitative estimate of drug-likeness (QED) is 0.404. The lowest BCUT2D eigenvalue weighted by molar-refractivity contribution is -0.932. The molecule has 0 saturated heterocycles. The van der Waals surface area contributed by atoms with Crippen LogP contribution in [0.5, 0.6) is 0 Å². The van der Waals surface area contributed by atoms with Gasteiger partial charge in [0, 0.05) is 29.3 Å². The number of hydrogen-bond donors (Lipinski definition) is 2. The molecule has 0 aliphatic heterocycles.